The Kier molecular flexibility index (Phi) is 3.96. The third-order valence-electron chi connectivity index (χ3n) is 3.76. The molecule has 6 heteroatoms. The van der Waals surface area contributed by atoms with Crippen molar-refractivity contribution in [1.82, 2.24) is 9.91 Å². The molecule has 0 bridgehead atoms. The minimum atomic E-state index is -0.503. The number of ether oxygens (including phenoxy) is 1. The molecule has 0 atom stereocenters. The number of hydrogen-bond donors (Lipinski definition) is 0. The van der Waals surface area contributed by atoms with Crippen molar-refractivity contribution in [3.8, 4) is 0 Å². The molecule has 0 saturated carbocycles. The molecule has 0 unspecified atom stereocenters. The average Bonchev–Trinajstić information content (AvgIpc) is 2.74. The molecule has 2 aliphatic rings. The van der Waals surface area contributed by atoms with Crippen molar-refractivity contribution in [2.24, 2.45) is 10.5 Å². The lowest BCUT2D eigenvalue weighted by Crippen LogP contribution is -2.19. The van der Waals surface area contributed by atoms with E-state index in [9.17, 15) is 9.59 Å². The quantitative estimate of drug-likeness (QED) is 0.549. The van der Waals surface area contributed by atoms with E-state index in [4.69, 9.17) is 4.74 Å². The third-order valence-corrected chi connectivity index (χ3v) is 3.76. The van der Waals surface area contributed by atoms with Gasteiger partial charge >= 0.3 is 5.97 Å². The molecule has 0 spiro atoms. The van der Waals surface area contributed by atoms with Gasteiger partial charge in [0, 0.05) is 37.8 Å². The van der Waals surface area contributed by atoms with Crippen LogP contribution in [0.3, 0.4) is 0 Å². The zero-order valence-electron chi connectivity index (χ0n) is 13.8. The van der Waals surface area contributed by atoms with Crippen LogP contribution in [0.1, 0.15) is 27.7 Å². The fraction of sp³-hybridized carbons (Fsp3) is 0.438. The number of rotatable bonds is 1. The number of hydrogen-bond acceptors (Lipinski definition) is 5. The zero-order valence-corrected chi connectivity index (χ0v) is 13.8. The van der Waals surface area contributed by atoms with Crippen molar-refractivity contribution in [1.29, 1.82) is 0 Å². The highest BCUT2D eigenvalue weighted by atomic mass is 16.5. The monoisotopic (exact) mass is 303 g/mol. The van der Waals surface area contributed by atoms with Gasteiger partial charge in [0.05, 0.1) is 0 Å². The first-order valence-electron chi connectivity index (χ1n) is 7.04. The van der Waals surface area contributed by atoms with Gasteiger partial charge in [-0.05, 0) is 19.1 Å². The number of carbonyl (C=O) groups excluding carboxylic acids is 2. The van der Waals surface area contributed by atoms with Crippen LogP contribution >= 0.6 is 0 Å². The topological polar surface area (TPSA) is 62.2 Å². The highest BCUT2D eigenvalue weighted by Crippen LogP contribution is 2.39. The first-order valence-corrected chi connectivity index (χ1v) is 7.04. The van der Waals surface area contributed by atoms with E-state index in [-0.39, 0.29) is 22.8 Å². The zero-order chi connectivity index (χ0) is 16.7. The number of esters is 1. The summed E-state index contributed by atoms with van der Waals surface area (Å²) in [5, 5.41) is 5.10. The molecule has 2 aliphatic heterocycles. The van der Waals surface area contributed by atoms with Crippen LogP contribution in [-0.4, -0.2) is 41.8 Å². The van der Waals surface area contributed by atoms with Gasteiger partial charge in [0.2, 0.25) is 0 Å². The number of allylic oxidation sites excluding steroid dienone is 4. The molecule has 2 rings (SSSR count). The Hall–Kier alpha value is -2.37. The number of hydrazone groups is 1. The van der Waals surface area contributed by atoms with Gasteiger partial charge in [0.25, 0.3) is 11.8 Å². The first kappa shape index (κ1) is 16.0. The molecule has 0 aromatic rings. The van der Waals surface area contributed by atoms with Crippen LogP contribution in [0.4, 0.5) is 0 Å². The number of likely N-dealkylation sites (N-methyl/N-ethyl adjacent to an activating group) is 1. The van der Waals surface area contributed by atoms with Gasteiger partial charge in [0.1, 0.15) is 5.57 Å². The van der Waals surface area contributed by atoms with E-state index in [0.717, 1.165) is 16.4 Å². The minimum Gasteiger partial charge on any atom is -0.405 e. The molecule has 0 saturated heterocycles. The molecule has 0 radical (unpaired) electrons. The maximum absolute atomic E-state index is 12.1. The predicted molar refractivity (Wildman–Crippen MR) is 83.4 cm³/mol. The van der Waals surface area contributed by atoms with E-state index in [2.05, 4.69) is 29.9 Å². The lowest BCUT2D eigenvalue weighted by molar-refractivity contribution is -0.133. The Morgan fingerprint density at radius 2 is 1.95 bits per heavy atom. The van der Waals surface area contributed by atoms with Crippen LogP contribution < -0.4 is 0 Å². The molecule has 0 aromatic heterocycles. The average molecular weight is 303 g/mol. The highest BCUT2D eigenvalue weighted by Gasteiger charge is 2.32. The van der Waals surface area contributed by atoms with Crippen molar-refractivity contribution in [3.05, 3.63) is 35.2 Å². The van der Waals surface area contributed by atoms with E-state index in [0.29, 0.717) is 0 Å². The summed E-state index contributed by atoms with van der Waals surface area (Å²) in [7, 11) is 3.51. The molecule has 1 amide bonds. The van der Waals surface area contributed by atoms with Gasteiger partial charge in [-0.25, -0.2) is 5.01 Å². The highest BCUT2D eigenvalue weighted by molar-refractivity contribution is 6.23. The van der Waals surface area contributed by atoms with Crippen LogP contribution in [0.25, 0.3) is 0 Å². The summed E-state index contributed by atoms with van der Waals surface area (Å²) >= 11 is 0. The van der Waals surface area contributed by atoms with E-state index in [1.54, 1.807) is 6.08 Å². The summed E-state index contributed by atoms with van der Waals surface area (Å²) in [5.41, 5.74) is 2.36. The van der Waals surface area contributed by atoms with Gasteiger partial charge in [-0.3, -0.25) is 9.59 Å². The smallest absolute Gasteiger partial charge is 0.309 e. The lowest BCUT2D eigenvalue weighted by atomic mass is 9.90. The normalized spacial score (nSPS) is 24.2. The number of nitrogens with zero attached hydrogens (tertiary/aromatic N) is 3. The Bertz CT molecular complexity index is 654. The summed E-state index contributed by atoms with van der Waals surface area (Å²) in [5.74, 6) is -0.757. The summed E-state index contributed by atoms with van der Waals surface area (Å²) in [6.07, 6.45) is 5.70. The van der Waals surface area contributed by atoms with Crippen LogP contribution in [0, 0.1) is 5.41 Å². The second-order valence-electron chi connectivity index (χ2n) is 6.03. The first-order chi connectivity index (χ1) is 10.1. The van der Waals surface area contributed by atoms with E-state index in [1.807, 2.05) is 20.0 Å². The Balaban J connectivity index is 2.36. The molecule has 0 N–H and O–H groups in total. The molecule has 2 heterocycles. The van der Waals surface area contributed by atoms with Gasteiger partial charge in [-0.2, -0.15) is 0 Å². The summed E-state index contributed by atoms with van der Waals surface area (Å²) in [6, 6.07) is 0. The fourth-order valence-electron chi connectivity index (χ4n) is 2.66. The SMILES string of the molecule is CC(=O)OC1=NN(C)C(=O)/C1=C/C=C1\N(C)C(C)=CC1(C)C. The van der Waals surface area contributed by atoms with Crippen LogP contribution in [0.15, 0.2) is 40.3 Å². The summed E-state index contributed by atoms with van der Waals surface area (Å²) in [4.78, 5) is 25.3. The molecule has 22 heavy (non-hydrogen) atoms. The van der Waals surface area contributed by atoms with Crippen LogP contribution in [0.5, 0.6) is 0 Å². The van der Waals surface area contributed by atoms with E-state index < -0.39 is 5.97 Å². The van der Waals surface area contributed by atoms with Crippen molar-refractivity contribution in [2.75, 3.05) is 14.1 Å². The fourth-order valence-corrected chi connectivity index (χ4v) is 2.66. The summed E-state index contributed by atoms with van der Waals surface area (Å²) < 4.78 is 5.00. The van der Waals surface area contributed by atoms with Crippen molar-refractivity contribution in [3.63, 3.8) is 0 Å². The molecule has 6 nitrogen and oxygen atoms in total. The maximum Gasteiger partial charge on any atom is 0.309 e. The third kappa shape index (κ3) is 2.81. The number of amides is 1. The van der Waals surface area contributed by atoms with E-state index >= 15 is 0 Å². The van der Waals surface area contributed by atoms with Crippen molar-refractivity contribution < 1.29 is 14.3 Å². The molecule has 0 aromatic carbocycles. The molecule has 118 valence electrons. The standard InChI is InChI=1S/C16H21N3O3/c1-10-9-16(3,4)13(18(10)5)8-7-12-14(22-11(2)20)17-19(6)15(12)21/h7-9H,1-6H3/b12-7+,13-8-. The largest absolute Gasteiger partial charge is 0.405 e. The Labute approximate surface area is 130 Å². The van der Waals surface area contributed by atoms with Gasteiger partial charge in [0.15, 0.2) is 0 Å². The second-order valence-corrected chi connectivity index (χ2v) is 6.03. The lowest BCUT2D eigenvalue weighted by Gasteiger charge is -2.24. The maximum atomic E-state index is 12.1. The summed E-state index contributed by atoms with van der Waals surface area (Å²) in [6.45, 7) is 7.53. The molecular weight excluding hydrogens is 282 g/mol. The Morgan fingerprint density at radius 3 is 2.45 bits per heavy atom. The Morgan fingerprint density at radius 1 is 1.32 bits per heavy atom. The second kappa shape index (κ2) is 5.44. The molecule has 0 fully saturated rings. The van der Waals surface area contributed by atoms with Gasteiger partial charge in [-0.15, -0.1) is 5.10 Å². The van der Waals surface area contributed by atoms with E-state index in [1.165, 1.54) is 14.0 Å². The van der Waals surface area contributed by atoms with Gasteiger partial charge < -0.3 is 9.64 Å². The number of carbonyl (C=O) groups is 2. The predicted octanol–water partition coefficient (Wildman–Crippen LogP) is 2.02. The molecule has 0 aliphatic carbocycles. The van der Waals surface area contributed by atoms with Crippen molar-refractivity contribution in [2.45, 2.75) is 27.7 Å². The van der Waals surface area contributed by atoms with Crippen LogP contribution in [-0.2, 0) is 14.3 Å². The van der Waals surface area contributed by atoms with Crippen molar-refractivity contribution >= 4 is 17.8 Å². The minimum absolute atomic E-state index is 0.0417. The van der Waals surface area contributed by atoms with Crippen LogP contribution in [0.2, 0.25) is 0 Å². The molecular formula is C16H21N3O3. The van der Waals surface area contributed by atoms with Gasteiger partial charge in [-0.1, -0.05) is 19.9 Å².